The maximum atomic E-state index is 13.6. The summed E-state index contributed by atoms with van der Waals surface area (Å²) in [5, 5.41) is 0. The molecule has 0 N–H and O–H groups in total. The molecule has 68 heavy (non-hydrogen) atoms. The van der Waals surface area contributed by atoms with Crippen LogP contribution in [0.25, 0.3) is 0 Å². The van der Waals surface area contributed by atoms with Gasteiger partial charge in [0.1, 0.15) is 23.0 Å². The summed E-state index contributed by atoms with van der Waals surface area (Å²) in [6.45, 7) is 4.88. The third-order valence-corrected chi connectivity index (χ3v) is 14.5. The smallest absolute Gasteiger partial charge is 0.206 e. The molecule has 4 heterocycles. The van der Waals surface area contributed by atoms with Crippen molar-refractivity contribution in [2.24, 2.45) is 0 Å². The Morgan fingerprint density at radius 3 is 0.926 bits per heavy atom. The molecule has 8 aromatic rings. The zero-order chi connectivity index (χ0) is 45.9. The molecular weight excluding hydrogens is 869 g/mol. The van der Waals surface area contributed by atoms with Gasteiger partial charge in [-0.25, -0.2) is 8.42 Å². The first-order chi connectivity index (χ1) is 33.4. The van der Waals surface area contributed by atoms with E-state index in [9.17, 15) is 8.42 Å². The average molecular weight is 919 g/mol. The first-order valence-electron chi connectivity index (χ1n) is 22.9. The molecule has 8 aromatic carbocycles. The first-order valence-corrected chi connectivity index (χ1v) is 24.3. The fraction of sp³-hybridized carbons (Fsp3) is 0.158. The van der Waals surface area contributed by atoms with Crippen LogP contribution in [-0.4, -0.2) is 35.3 Å². The fourth-order valence-electron chi connectivity index (χ4n) is 9.17. The van der Waals surface area contributed by atoms with E-state index in [1.807, 2.05) is 72.8 Å². The summed E-state index contributed by atoms with van der Waals surface area (Å²) < 4.78 is 51.1. The zero-order valence-electron chi connectivity index (χ0n) is 37.5. The van der Waals surface area contributed by atoms with Crippen LogP contribution < -0.4 is 38.5 Å². The number of hydrogen-bond acceptors (Lipinski definition) is 10. The van der Waals surface area contributed by atoms with Gasteiger partial charge in [-0.05, 0) is 127 Å². The molecule has 0 aliphatic carbocycles. The second-order valence-electron chi connectivity index (χ2n) is 17.3. The predicted octanol–water partition coefficient (Wildman–Crippen LogP) is 11.2. The van der Waals surface area contributed by atoms with Crippen molar-refractivity contribution in [3.05, 3.63) is 228 Å². The van der Waals surface area contributed by atoms with Crippen molar-refractivity contribution in [2.75, 3.05) is 46.5 Å². The lowest BCUT2D eigenvalue weighted by Crippen LogP contribution is -2.32. The van der Waals surface area contributed by atoms with Gasteiger partial charge in [-0.15, -0.1) is 0 Å². The Balaban J connectivity index is 0.000000149. The molecule has 0 unspecified atom stereocenters. The molecule has 0 fully saturated rings. The van der Waals surface area contributed by atoms with E-state index in [4.69, 9.17) is 18.9 Å². The minimum Gasteiger partial charge on any atom is -0.473 e. The van der Waals surface area contributed by atoms with Crippen LogP contribution in [0.3, 0.4) is 0 Å². The van der Waals surface area contributed by atoms with Gasteiger partial charge in [0, 0.05) is 71.2 Å². The highest BCUT2D eigenvalue weighted by Gasteiger charge is 2.27. The maximum Gasteiger partial charge on any atom is 0.206 e. The van der Waals surface area contributed by atoms with Crippen LogP contribution in [0, 0.1) is 0 Å². The second kappa shape index (κ2) is 18.8. The number of nitrogens with zero attached hydrogens (tertiary/aromatic N) is 4. The van der Waals surface area contributed by atoms with Gasteiger partial charge in [0.2, 0.25) is 9.84 Å². The van der Waals surface area contributed by atoms with E-state index in [-0.39, 0.29) is 9.79 Å². The molecule has 0 amide bonds. The number of hydrogen-bond donors (Lipinski definition) is 0. The van der Waals surface area contributed by atoms with Gasteiger partial charge in [0.05, 0.1) is 9.79 Å². The molecule has 12 rings (SSSR count). The number of sulfone groups is 1. The summed E-state index contributed by atoms with van der Waals surface area (Å²) in [6.07, 6.45) is 0.886. The summed E-state index contributed by atoms with van der Waals surface area (Å²) in [5.74, 6) is 3.41. The lowest BCUT2D eigenvalue weighted by molar-refractivity contribution is 0.289. The number of fused-ring (bicyclic) bond motifs is 4. The molecular formula is C57H50N4O6S. The van der Waals surface area contributed by atoms with Crippen molar-refractivity contribution in [1.29, 1.82) is 0 Å². The SMILES string of the molecule is O=S(=O)(c1ccc2c(c1)CN(c1ccccc1)CO2)c1ccc2c(c1)CN(c1ccccc1)CO2.c1ccc(N2COc3ccc(Cc4ccc5c(c4)CN(c4ccccc4)CO5)cc3C2)cc1. The molecule has 4 aliphatic heterocycles. The highest BCUT2D eigenvalue weighted by molar-refractivity contribution is 7.91. The van der Waals surface area contributed by atoms with Crippen LogP contribution in [0.1, 0.15) is 33.4 Å². The second-order valence-corrected chi connectivity index (χ2v) is 19.3. The van der Waals surface area contributed by atoms with Crippen LogP contribution in [-0.2, 0) is 42.4 Å². The molecule has 0 atom stereocenters. The van der Waals surface area contributed by atoms with Crippen molar-refractivity contribution in [3.8, 4) is 23.0 Å². The third kappa shape index (κ3) is 9.13. The quantitative estimate of drug-likeness (QED) is 0.147. The van der Waals surface area contributed by atoms with E-state index < -0.39 is 9.84 Å². The van der Waals surface area contributed by atoms with E-state index in [2.05, 4.69) is 105 Å². The fourth-order valence-corrected chi connectivity index (χ4v) is 10.5. The van der Waals surface area contributed by atoms with Crippen LogP contribution >= 0.6 is 0 Å². The Hall–Kier alpha value is -7.89. The molecule has 0 saturated heterocycles. The molecule has 10 nitrogen and oxygen atoms in total. The molecule has 4 aliphatic rings. The average Bonchev–Trinajstić information content (AvgIpc) is 3.41. The summed E-state index contributed by atoms with van der Waals surface area (Å²) in [6, 6.07) is 64.2. The third-order valence-electron chi connectivity index (χ3n) is 12.8. The van der Waals surface area contributed by atoms with E-state index in [1.165, 1.54) is 33.6 Å². The van der Waals surface area contributed by atoms with E-state index >= 15 is 0 Å². The van der Waals surface area contributed by atoms with Gasteiger partial charge in [-0.2, -0.15) is 0 Å². The highest BCUT2D eigenvalue weighted by Crippen LogP contribution is 2.36. The van der Waals surface area contributed by atoms with Crippen molar-refractivity contribution >= 4 is 32.6 Å². The van der Waals surface area contributed by atoms with Crippen molar-refractivity contribution in [2.45, 2.75) is 42.4 Å². The molecule has 0 aromatic heterocycles. The van der Waals surface area contributed by atoms with Crippen LogP contribution in [0.2, 0.25) is 0 Å². The summed E-state index contributed by atoms with van der Waals surface area (Å²) in [4.78, 5) is 9.19. The molecule has 0 saturated carbocycles. The van der Waals surface area contributed by atoms with Gasteiger partial charge < -0.3 is 38.5 Å². The van der Waals surface area contributed by atoms with Gasteiger partial charge in [-0.3, -0.25) is 0 Å². The Morgan fingerprint density at radius 2 is 0.618 bits per heavy atom. The van der Waals surface area contributed by atoms with Crippen LogP contribution in [0.15, 0.2) is 204 Å². The van der Waals surface area contributed by atoms with Gasteiger partial charge >= 0.3 is 0 Å². The van der Waals surface area contributed by atoms with Crippen molar-refractivity contribution in [1.82, 2.24) is 0 Å². The predicted molar refractivity (Wildman–Crippen MR) is 267 cm³/mol. The number of anilines is 4. The Bertz CT molecular complexity index is 2950. The molecule has 340 valence electrons. The molecule has 0 spiro atoms. The van der Waals surface area contributed by atoms with Crippen molar-refractivity contribution < 1.29 is 27.4 Å². The standard InChI is InChI=1S/C29H26N2O2.C28H24N2O4S/c1-3-7-26(8-4-1)30-18-24-16-22(11-13-28(24)32-20-30)15-23-12-14-29-25(17-23)19-31(21-33-29)27-9-5-2-6-10-27;31-35(32,25-11-13-27-21(15-25)17-29(19-33-27)23-7-3-1-4-8-23)26-12-14-28-22(16-26)18-30(20-34-28)24-9-5-2-6-10-24/h1-14,16-17H,15,18-21H2;1-16H,17-20H2. The van der Waals surface area contributed by atoms with Crippen molar-refractivity contribution in [3.63, 3.8) is 0 Å². The number of para-hydroxylation sites is 4. The molecule has 11 heteroatoms. The lowest BCUT2D eigenvalue weighted by Gasteiger charge is -2.31. The minimum atomic E-state index is -3.72. The van der Waals surface area contributed by atoms with Gasteiger partial charge in [-0.1, -0.05) is 84.9 Å². The summed E-state index contributed by atoms with van der Waals surface area (Å²) in [5.41, 5.74) is 11.2. The van der Waals surface area contributed by atoms with Gasteiger partial charge in [0.15, 0.2) is 26.9 Å². The summed E-state index contributed by atoms with van der Waals surface area (Å²) in [7, 11) is -3.72. The van der Waals surface area contributed by atoms with Gasteiger partial charge in [0.25, 0.3) is 0 Å². The maximum absolute atomic E-state index is 13.6. The minimum absolute atomic E-state index is 0.256. The topological polar surface area (TPSA) is 84.0 Å². The zero-order valence-corrected chi connectivity index (χ0v) is 38.3. The monoisotopic (exact) mass is 918 g/mol. The summed E-state index contributed by atoms with van der Waals surface area (Å²) >= 11 is 0. The van der Waals surface area contributed by atoms with Crippen LogP contribution in [0.5, 0.6) is 23.0 Å². The lowest BCUT2D eigenvalue weighted by atomic mass is 9.99. The normalized spacial score (nSPS) is 14.8. The number of rotatable bonds is 8. The Labute approximate surface area is 397 Å². The number of ether oxygens (including phenoxy) is 4. The number of benzene rings is 8. The highest BCUT2D eigenvalue weighted by atomic mass is 32.2. The van der Waals surface area contributed by atoms with E-state index in [0.29, 0.717) is 51.5 Å². The largest absolute Gasteiger partial charge is 0.473 e. The van der Waals surface area contributed by atoms with Crippen LogP contribution in [0.4, 0.5) is 22.7 Å². The van der Waals surface area contributed by atoms with E-state index in [0.717, 1.165) is 53.5 Å². The Morgan fingerprint density at radius 1 is 0.338 bits per heavy atom. The molecule has 0 bridgehead atoms. The van der Waals surface area contributed by atoms with E-state index in [1.54, 1.807) is 36.4 Å². The molecule has 0 radical (unpaired) electrons. The Kier molecular flexibility index (Phi) is 11.8. The first kappa shape index (κ1) is 42.7.